The highest BCUT2D eigenvalue weighted by Crippen LogP contribution is 2.70. The topological polar surface area (TPSA) is 54.4 Å². The third-order valence-electron chi connectivity index (χ3n) is 5.40. The number of hydrogen-bond donors (Lipinski definition) is 1. The number of ketones is 2. The first-order valence-electron chi connectivity index (χ1n) is 5.64. The van der Waals surface area contributed by atoms with Crippen LogP contribution in [0.3, 0.4) is 0 Å². The Morgan fingerprint density at radius 2 is 1.80 bits per heavy atom. The van der Waals surface area contributed by atoms with Crippen LogP contribution in [-0.2, 0) is 9.59 Å². The van der Waals surface area contributed by atoms with E-state index >= 15 is 0 Å². The maximum Gasteiger partial charge on any atom is 0.139 e. The molecule has 3 fully saturated rings. The van der Waals surface area contributed by atoms with Crippen molar-refractivity contribution in [3.05, 3.63) is 0 Å². The first-order valence-corrected chi connectivity index (χ1v) is 5.64. The summed E-state index contributed by atoms with van der Waals surface area (Å²) in [6.45, 7) is 4.08. The van der Waals surface area contributed by atoms with Gasteiger partial charge in [-0.2, -0.15) is 0 Å². The van der Waals surface area contributed by atoms with Crippen LogP contribution in [0, 0.1) is 22.7 Å². The molecule has 3 nitrogen and oxygen atoms in total. The van der Waals surface area contributed by atoms with Crippen LogP contribution >= 0.6 is 0 Å². The first kappa shape index (κ1) is 9.52. The lowest BCUT2D eigenvalue weighted by atomic mass is 9.66. The second-order valence-corrected chi connectivity index (χ2v) is 5.96. The van der Waals surface area contributed by atoms with Crippen LogP contribution in [0.5, 0.6) is 0 Å². The van der Waals surface area contributed by atoms with E-state index in [0.29, 0.717) is 19.3 Å². The molecular formula is C12H16O3. The van der Waals surface area contributed by atoms with Crippen molar-refractivity contribution in [1.82, 2.24) is 0 Å². The maximum atomic E-state index is 11.9. The van der Waals surface area contributed by atoms with Gasteiger partial charge in [0.15, 0.2) is 0 Å². The number of aliphatic hydroxyl groups excluding tert-OH is 1. The molecule has 0 heterocycles. The lowest BCUT2D eigenvalue weighted by Crippen LogP contribution is -2.35. The van der Waals surface area contributed by atoms with Crippen LogP contribution < -0.4 is 0 Å². The minimum atomic E-state index is -0.585. The van der Waals surface area contributed by atoms with Gasteiger partial charge in [-0.05, 0) is 17.3 Å². The van der Waals surface area contributed by atoms with Crippen LogP contribution in [-0.4, -0.2) is 22.8 Å². The van der Waals surface area contributed by atoms with Gasteiger partial charge >= 0.3 is 0 Å². The van der Waals surface area contributed by atoms with Crippen LogP contribution in [0.1, 0.15) is 33.1 Å². The lowest BCUT2D eigenvalue weighted by molar-refractivity contribution is -0.125. The molecule has 0 aromatic rings. The van der Waals surface area contributed by atoms with Gasteiger partial charge in [-0.25, -0.2) is 0 Å². The molecular weight excluding hydrogens is 192 g/mol. The Morgan fingerprint density at radius 1 is 1.20 bits per heavy atom. The van der Waals surface area contributed by atoms with E-state index in [1.165, 1.54) is 0 Å². The van der Waals surface area contributed by atoms with Gasteiger partial charge in [0.1, 0.15) is 11.6 Å². The Labute approximate surface area is 88.9 Å². The number of hydrogen-bond acceptors (Lipinski definition) is 3. The molecule has 15 heavy (non-hydrogen) atoms. The summed E-state index contributed by atoms with van der Waals surface area (Å²) in [5, 5.41) is 9.92. The fourth-order valence-corrected chi connectivity index (χ4v) is 4.50. The predicted octanol–water partition coefficient (Wildman–Crippen LogP) is 0.942. The summed E-state index contributed by atoms with van der Waals surface area (Å²) in [4.78, 5) is 23.8. The highest BCUT2D eigenvalue weighted by molar-refractivity contribution is 5.95. The number of carbonyl (C=O) groups excluding carboxylic acids is 2. The number of rotatable bonds is 0. The average Bonchev–Trinajstić information content (AvgIpc) is 2.54. The van der Waals surface area contributed by atoms with E-state index in [9.17, 15) is 14.7 Å². The van der Waals surface area contributed by atoms with E-state index < -0.39 is 6.10 Å². The van der Waals surface area contributed by atoms with Crippen molar-refractivity contribution in [1.29, 1.82) is 0 Å². The Morgan fingerprint density at radius 3 is 2.47 bits per heavy atom. The van der Waals surface area contributed by atoms with E-state index in [4.69, 9.17) is 0 Å². The molecule has 3 rings (SSSR count). The van der Waals surface area contributed by atoms with Gasteiger partial charge in [0.25, 0.3) is 0 Å². The summed E-state index contributed by atoms with van der Waals surface area (Å²) in [5.74, 6) is 0.0736. The van der Waals surface area contributed by atoms with Crippen molar-refractivity contribution in [3.8, 4) is 0 Å². The van der Waals surface area contributed by atoms with E-state index in [1.54, 1.807) is 0 Å². The molecule has 82 valence electrons. The van der Waals surface area contributed by atoms with E-state index in [1.807, 2.05) is 13.8 Å². The number of carbonyl (C=O) groups is 2. The van der Waals surface area contributed by atoms with Gasteiger partial charge in [0.2, 0.25) is 0 Å². The van der Waals surface area contributed by atoms with E-state index in [2.05, 4.69) is 0 Å². The zero-order chi connectivity index (χ0) is 11.0. The minimum absolute atomic E-state index is 0.0750. The molecule has 0 aromatic carbocycles. The summed E-state index contributed by atoms with van der Waals surface area (Å²) in [5.41, 5.74) is -0.450. The molecule has 3 aliphatic rings. The van der Waals surface area contributed by atoms with Gasteiger partial charge in [-0.1, -0.05) is 13.8 Å². The van der Waals surface area contributed by atoms with Crippen molar-refractivity contribution < 1.29 is 14.7 Å². The largest absolute Gasteiger partial charge is 0.392 e. The summed E-state index contributed by atoms with van der Waals surface area (Å²) in [6.07, 6.45) is 0.927. The van der Waals surface area contributed by atoms with Crippen LogP contribution in [0.2, 0.25) is 0 Å². The van der Waals surface area contributed by atoms with Crippen LogP contribution in [0.15, 0.2) is 0 Å². The Bertz CT molecular complexity index is 375. The normalized spacial score (nSPS) is 57.7. The van der Waals surface area contributed by atoms with Gasteiger partial charge in [-0.15, -0.1) is 0 Å². The summed E-state index contributed by atoms with van der Waals surface area (Å²) < 4.78 is 0. The molecule has 0 spiro atoms. The van der Waals surface area contributed by atoms with Gasteiger partial charge in [0.05, 0.1) is 12.0 Å². The third-order valence-corrected chi connectivity index (χ3v) is 5.40. The SMILES string of the molecule is C[C@]12CC(=O)C3C[C@@H](O)C(C(=O)C1)[C@@]32C. The number of aliphatic hydroxyl groups is 1. The molecule has 2 unspecified atom stereocenters. The van der Waals surface area contributed by atoms with Crippen molar-refractivity contribution in [2.75, 3.05) is 0 Å². The van der Waals surface area contributed by atoms with Crippen molar-refractivity contribution in [2.45, 2.75) is 39.2 Å². The fourth-order valence-electron chi connectivity index (χ4n) is 4.50. The van der Waals surface area contributed by atoms with Crippen molar-refractivity contribution in [2.24, 2.45) is 22.7 Å². The Hall–Kier alpha value is -0.700. The van der Waals surface area contributed by atoms with Crippen LogP contribution in [0.25, 0.3) is 0 Å². The smallest absolute Gasteiger partial charge is 0.139 e. The molecule has 0 radical (unpaired) electrons. The van der Waals surface area contributed by atoms with E-state index in [-0.39, 0.29) is 34.2 Å². The highest BCUT2D eigenvalue weighted by Gasteiger charge is 2.73. The standard InChI is InChI=1S/C12H16O3/c1-11-4-8(14)6-3-7(13)10(9(15)5-11)12(6,11)2/h6-7,10,13H,3-5H2,1-2H3/t6?,7-,10?,11+,12-/m1/s1. The summed E-state index contributed by atoms with van der Waals surface area (Å²) in [6, 6.07) is 0. The average molecular weight is 208 g/mol. The maximum absolute atomic E-state index is 11.9. The zero-order valence-corrected chi connectivity index (χ0v) is 9.12. The number of Topliss-reactive ketones (excluding diaryl/α,β-unsaturated/α-hetero) is 2. The van der Waals surface area contributed by atoms with E-state index in [0.717, 1.165) is 0 Å². The second kappa shape index (κ2) is 2.34. The molecule has 3 saturated carbocycles. The summed E-state index contributed by atoms with van der Waals surface area (Å²) in [7, 11) is 0. The monoisotopic (exact) mass is 208 g/mol. The van der Waals surface area contributed by atoms with Gasteiger partial charge < -0.3 is 5.11 Å². The lowest BCUT2D eigenvalue weighted by Gasteiger charge is -2.36. The van der Waals surface area contributed by atoms with Crippen molar-refractivity contribution in [3.63, 3.8) is 0 Å². The van der Waals surface area contributed by atoms with Crippen molar-refractivity contribution >= 4 is 11.6 Å². The fraction of sp³-hybridized carbons (Fsp3) is 0.833. The first-order chi connectivity index (χ1) is 6.90. The molecule has 0 aromatic heterocycles. The molecule has 5 atom stereocenters. The Kier molecular flexibility index (Phi) is 1.49. The molecule has 0 amide bonds. The third kappa shape index (κ3) is 0.792. The summed E-state index contributed by atoms with van der Waals surface area (Å²) >= 11 is 0. The zero-order valence-electron chi connectivity index (χ0n) is 9.12. The molecule has 3 heteroatoms. The molecule has 0 aliphatic heterocycles. The second-order valence-electron chi connectivity index (χ2n) is 5.96. The molecule has 3 aliphatic carbocycles. The van der Waals surface area contributed by atoms with Gasteiger partial charge in [0, 0.05) is 18.8 Å². The van der Waals surface area contributed by atoms with Crippen LogP contribution in [0.4, 0.5) is 0 Å². The highest BCUT2D eigenvalue weighted by atomic mass is 16.3. The minimum Gasteiger partial charge on any atom is -0.392 e. The quantitative estimate of drug-likeness (QED) is 0.644. The molecule has 1 N–H and O–H groups in total. The molecule has 0 saturated heterocycles. The van der Waals surface area contributed by atoms with Gasteiger partial charge in [-0.3, -0.25) is 9.59 Å². The Balaban J connectivity index is 2.19. The predicted molar refractivity (Wildman–Crippen MR) is 53.1 cm³/mol. The molecule has 0 bridgehead atoms.